The Morgan fingerprint density at radius 1 is 0.955 bits per heavy atom. The average Bonchev–Trinajstić information content (AvgIpc) is 2.53. The standard InChI is InChI=1S/C15H12Br2N2O3/c16-12-5-1-10(2-6-12)15(22,14(21)19-18-9-20)11-3-7-13(17)8-4-11/h1-9,22H,(H,18,20)(H,19,21). The predicted octanol–water partition coefficient (Wildman–Crippen LogP) is 2.22. The summed E-state index contributed by atoms with van der Waals surface area (Å²) in [6, 6.07) is 13.4. The number of nitrogens with one attached hydrogen (secondary N) is 2. The molecule has 2 aromatic carbocycles. The van der Waals surface area contributed by atoms with E-state index in [2.05, 4.69) is 42.7 Å². The number of hydrogen-bond acceptors (Lipinski definition) is 3. The van der Waals surface area contributed by atoms with Gasteiger partial charge in [-0.15, -0.1) is 0 Å². The van der Waals surface area contributed by atoms with Crippen molar-refractivity contribution in [2.45, 2.75) is 5.60 Å². The summed E-state index contributed by atoms with van der Waals surface area (Å²) in [4.78, 5) is 22.8. The third kappa shape index (κ3) is 3.37. The minimum atomic E-state index is -1.93. The van der Waals surface area contributed by atoms with E-state index in [0.29, 0.717) is 17.5 Å². The van der Waals surface area contributed by atoms with Gasteiger partial charge in [0.2, 0.25) is 6.41 Å². The van der Waals surface area contributed by atoms with Crippen molar-refractivity contribution >= 4 is 44.2 Å². The lowest BCUT2D eigenvalue weighted by atomic mass is 9.85. The Balaban J connectivity index is 2.52. The summed E-state index contributed by atoms with van der Waals surface area (Å²) >= 11 is 6.62. The molecule has 0 saturated heterocycles. The molecule has 0 aliphatic rings. The molecule has 0 heterocycles. The van der Waals surface area contributed by atoms with Gasteiger partial charge in [0.15, 0.2) is 5.60 Å². The molecule has 5 nitrogen and oxygen atoms in total. The minimum Gasteiger partial charge on any atom is -0.372 e. The molecule has 0 aromatic heterocycles. The minimum absolute atomic E-state index is 0.321. The van der Waals surface area contributed by atoms with Gasteiger partial charge in [-0.1, -0.05) is 56.1 Å². The highest BCUT2D eigenvalue weighted by molar-refractivity contribution is 9.10. The summed E-state index contributed by atoms with van der Waals surface area (Å²) in [6.07, 6.45) is 0.321. The van der Waals surface area contributed by atoms with Crippen LogP contribution in [0.2, 0.25) is 0 Å². The summed E-state index contributed by atoms with van der Waals surface area (Å²) in [5.41, 5.74) is 3.05. The van der Waals surface area contributed by atoms with Crippen LogP contribution in [0.15, 0.2) is 57.5 Å². The van der Waals surface area contributed by atoms with Crippen molar-refractivity contribution in [2.75, 3.05) is 0 Å². The molecule has 0 atom stereocenters. The van der Waals surface area contributed by atoms with Crippen LogP contribution >= 0.6 is 31.9 Å². The number of carbonyl (C=O) groups is 2. The molecule has 0 spiro atoms. The fourth-order valence-corrected chi connectivity index (χ4v) is 2.53. The summed E-state index contributed by atoms with van der Waals surface area (Å²) in [6.45, 7) is 0. The van der Waals surface area contributed by atoms with Gasteiger partial charge in [0.1, 0.15) is 0 Å². The smallest absolute Gasteiger partial charge is 0.279 e. The van der Waals surface area contributed by atoms with Gasteiger partial charge in [0, 0.05) is 8.95 Å². The van der Waals surface area contributed by atoms with E-state index in [1.54, 1.807) is 48.5 Å². The van der Waals surface area contributed by atoms with E-state index in [1.165, 1.54) is 0 Å². The lowest BCUT2D eigenvalue weighted by molar-refractivity contribution is -0.138. The summed E-state index contributed by atoms with van der Waals surface area (Å²) in [7, 11) is 0. The van der Waals surface area contributed by atoms with Crippen molar-refractivity contribution in [3.8, 4) is 0 Å². The molecule has 0 bridgehead atoms. The number of rotatable bonds is 5. The first-order valence-electron chi connectivity index (χ1n) is 6.22. The first-order valence-corrected chi connectivity index (χ1v) is 7.81. The largest absolute Gasteiger partial charge is 0.372 e. The van der Waals surface area contributed by atoms with Crippen molar-refractivity contribution in [1.29, 1.82) is 0 Å². The van der Waals surface area contributed by atoms with Crippen molar-refractivity contribution in [2.24, 2.45) is 0 Å². The number of carbonyl (C=O) groups excluding carboxylic acids is 2. The zero-order chi connectivity index (χ0) is 16.2. The van der Waals surface area contributed by atoms with Gasteiger partial charge in [-0.25, -0.2) is 0 Å². The van der Waals surface area contributed by atoms with Crippen LogP contribution in [-0.2, 0) is 15.2 Å². The van der Waals surface area contributed by atoms with Crippen LogP contribution in [0, 0.1) is 0 Å². The summed E-state index contributed by atoms with van der Waals surface area (Å²) in [5, 5.41) is 11.0. The second kappa shape index (κ2) is 7.04. The maximum absolute atomic E-state index is 12.4. The highest BCUT2D eigenvalue weighted by atomic mass is 79.9. The zero-order valence-electron chi connectivity index (χ0n) is 11.2. The lowest BCUT2D eigenvalue weighted by Crippen LogP contribution is -2.50. The molecule has 0 saturated carbocycles. The highest BCUT2D eigenvalue weighted by Gasteiger charge is 2.40. The third-order valence-electron chi connectivity index (χ3n) is 3.10. The predicted molar refractivity (Wildman–Crippen MR) is 88.6 cm³/mol. The van der Waals surface area contributed by atoms with Crippen LogP contribution in [0.25, 0.3) is 0 Å². The topological polar surface area (TPSA) is 78.4 Å². The number of hydrogen-bond donors (Lipinski definition) is 3. The van der Waals surface area contributed by atoms with Crippen molar-refractivity contribution in [1.82, 2.24) is 10.9 Å². The van der Waals surface area contributed by atoms with Gasteiger partial charge in [-0.2, -0.15) is 0 Å². The van der Waals surface area contributed by atoms with Crippen LogP contribution in [0.4, 0.5) is 0 Å². The monoisotopic (exact) mass is 426 g/mol. The molecule has 3 N–H and O–H groups in total. The van der Waals surface area contributed by atoms with Crippen molar-refractivity contribution in [3.05, 3.63) is 68.6 Å². The number of hydrazine groups is 1. The molecule has 2 amide bonds. The molecule has 2 rings (SSSR count). The summed E-state index contributed by atoms with van der Waals surface area (Å²) < 4.78 is 1.64. The summed E-state index contributed by atoms with van der Waals surface area (Å²) in [5.74, 6) is -0.760. The molecular weight excluding hydrogens is 416 g/mol. The van der Waals surface area contributed by atoms with Crippen LogP contribution in [0.1, 0.15) is 11.1 Å². The maximum Gasteiger partial charge on any atom is 0.279 e. The van der Waals surface area contributed by atoms with Crippen LogP contribution < -0.4 is 10.9 Å². The maximum atomic E-state index is 12.4. The molecule has 22 heavy (non-hydrogen) atoms. The number of benzene rings is 2. The van der Waals surface area contributed by atoms with E-state index in [0.717, 1.165) is 8.95 Å². The molecule has 114 valence electrons. The van der Waals surface area contributed by atoms with Gasteiger partial charge >= 0.3 is 0 Å². The van der Waals surface area contributed by atoms with Gasteiger partial charge < -0.3 is 5.11 Å². The molecule has 7 heteroatoms. The van der Waals surface area contributed by atoms with Gasteiger partial charge in [0.25, 0.3) is 5.91 Å². The fourth-order valence-electron chi connectivity index (χ4n) is 2.00. The van der Waals surface area contributed by atoms with Gasteiger partial charge in [-0.05, 0) is 35.4 Å². The van der Waals surface area contributed by atoms with Crippen LogP contribution in [0.5, 0.6) is 0 Å². The first kappa shape index (κ1) is 16.7. The van der Waals surface area contributed by atoms with E-state index >= 15 is 0 Å². The molecular formula is C15H12Br2N2O3. The quantitative estimate of drug-likeness (QED) is 0.505. The highest BCUT2D eigenvalue weighted by Crippen LogP contribution is 2.31. The number of halogens is 2. The molecule has 0 unspecified atom stereocenters. The molecule has 2 aromatic rings. The van der Waals surface area contributed by atoms with Crippen molar-refractivity contribution in [3.63, 3.8) is 0 Å². The SMILES string of the molecule is O=CNNC(=O)C(O)(c1ccc(Br)cc1)c1ccc(Br)cc1. The van der Waals surface area contributed by atoms with Crippen molar-refractivity contribution < 1.29 is 14.7 Å². The molecule has 0 radical (unpaired) electrons. The average molecular weight is 428 g/mol. The van der Waals surface area contributed by atoms with Crippen LogP contribution in [-0.4, -0.2) is 17.4 Å². The van der Waals surface area contributed by atoms with E-state index in [1.807, 2.05) is 0 Å². The molecule has 0 aliphatic heterocycles. The fraction of sp³-hybridized carbons (Fsp3) is 0.0667. The van der Waals surface area contributed by atoms with Gasteiger partial charge in [-0.3, -0.25) is 20.4 Å². The molecule has 0 aliphatic carbocycles. The zero-order valence-corrected chi connectivity index (χ0v) is 14.4. The Hall–Kier alpha value is -1.70. The second-order valence-electron chi connectivity index (χ2n) is 4.44. The normalized spacial score (nSPS) is 10.9. The van der Waals surface area contributed by atoms with Gasteiger partial charge in [0.05, 0.1) is 0 Å². The number of amides is 2. The Morgan fingerprint density at radius 3 is 1.73 bits per heavy atom. The Kier molecular flexibility index (Phi) is 5.33. The Morgan fingerprint density at radius 2 is 1.36 bits per heavy atom. The number of aliphatic hydroxyl groups is 1. The Labute approximate surface area is 144 Å². The van der Waals surface area contributed by atoms with E-state index in [4.69, 9.17) is 0 Å². The van der Waals surface area contributed by atoms with E-state index in [-0.39, 0.29) is 0 Å². The van der Waals surface area contributed by atoms with E-state index in [9.17, 15) is 14.7 Å². The van der Waals surface area contributed by atoms with E-state index < -0.39 is 11.5 Å². The second-order valence-corrected chi connectivity index (χ2v) is 6.27. The Bertz CT molecular complexity index is 627. The third-order valence-corrected chi connectivity index (χ3v) is 4.15. The lowest BCUT2D eigenvalue weighted by Gasteiger charge is -2.27. The molecule has 0 fully saturated rings. The van der Waals surface area contributed by atoms with Crippen LogP contribution in [0.3, 0.4) is 0 Å². The first-order chi connectivity index (χ1) is 10.5.